The molecular formula is C13H15FO. The number of benzene rings is 1. The van der Waals surface area contributed by atoms with Gasteiger partial charge in [0.25, 0.3) is 0 Å². The molecule has 0 aliphatic heterocycles. The largest absolute Gasteiger partial charge is 0.300 e. The van der Waals surface area contributed by atoms with Gasteiger partial charge in [0, 0.05) is 12.8 Å². The summed E-state index contributed by atoms with van der Waals surface area (Å²) < 4.78 is 12.9. The van der Waals surface area contributed by atoms with Gasteiger partial charge < -0.3 is 0 Å². The van der Waals surface area contributed by atoms with Crippen LogP contribution in [0, 0.1) is 12.7 Å². The zero-order valence-corrected chi connectivity index (χ0v) is 8.92. The van der Waals surface area contributed by atoms with E-state index in [1.165, 1.54) is 6.07 Å². The maximum Gasteiger partial charge on any atom is 0.133 e. The van der Waals surface area contributed by atoms with Crippen LogP contribution < -0.4 is 0 Å². The molecule has 0 saturated heterocycles. The van der Waals surface area contributed by atoms with Gasteiger partial charge in [0.2, 0.25) is 0 Å². The molecule has 80 valence electrons. The van der Waals surface area contributed by atoms with E-state index in [2.05, 4.69) is 0 Å². The molecule has 0 amide bonds. The summed E-state index contributed by atoms with van der Waals surface area (Å²) in [6, 6.07) is 4.86. The van der Waals surface area contributed by atoms with Crippen LogP contribution in [-0.4, -0.2) is 5.78 Å². The van der Waals surface area contributed by atoms with Gasteiger partial charge in [-0.25, -0.2) is 4.39 Å². The quantitative estimate of drug-likeness (QED) is 0.688. The lowest BCUT2D eigenvalue weighted by Gasteiger charge is -2.22. The molecule has 1 unspecified atom stereocenters. The molecule has 2 rings (SSSR count). The molecule has 1 aromatic carbocycles. The first-order valence-electron chi connectivity index (χ1n) is 5.44. The second-order valence-electron chi connectivity index (χ2n) is 4.33. The highest BCUT2D eigenvalue weighted by atomic mass is 19.1. The summed E-state index contributed by atoms with van der Waals surface area (Å²) in [5.74, 6) is 0.459. The number of aryl methyl sites for hydroxylation is 1. The van der Waals surface area contributed by atoms with Crippen molar-refractivity contribution in [2.45, 2.75) is 38.5 Å². The molecule has 1 atom stereocenters. The summed E-state index contributed by atoms with van der Waals surface area (Å²) in [4.78, 5) is 11.4. The second-order valence-corrected chi connectivity index (χ2v) is 4.33. The Kier molecular flexibility index (Phi) is 2.85. The average Bonchev–Trinajstić information content (AvgIpc) is 2.17. The molecular weight excluding hydrogens is 191 g/mol. The Labute approximate surface area is 89.3 Å². The minimum absolute atomic E-state index is 0.196. The number of halogens is 1. The van der Waals surface area contributed by atoms with E-state index in [4.69, 9.17) is 0 Å². The summed E-state index contributed by atoms with van der Waals surface area (Å²) in [5.41, 5.74) is 2.11. The first kappa shape index (κ1) is 10.3. The molecule has 1 aliphatic carbocycles. The molecule has 0 bridgehead atoms. The highest BCUT2D eigenvalue weighted by Gasteiger charge is 2.22. The van der Waals surface area contributed by atoms with Crippen LogP contribution in [0.25, 0.3) is 0 Å². The van der Waals surface area contributed by atoms with Gasteiger partial charge in [0.15, 0.2) is 0 Å². The van der Waals surface area contributed by atoms with E-state index in [0.717, 1.165) is 30.4 Å². The van der Waals surface area contributed by atoms with Crippen molar-refractivity contribution in [3.8, 4) is 0 Å². The molecule has 1 nitrogen and oxygen atoms in total. The number of hydrogen-bond donors (Lipinski definition) is 0. The fraction of sp³-hybridized carbons (Fsp3) is 0.462. The Morgan fingerprint density at radius 3 is 2.87 bits per heavy atom. The molecule has 0 spiro atoms. The smallest absolute Gasteiger partial charge is 0.133 e. The summed E-state index contributed by atoms with van der Waals surface area (Å²) in [5, 5.41) is 0. The molecule has 0 radical (unpaired) electrons. The van der Waals surface area contributed by atoms with Gasteiger partial charge in [0.1, 0.15) is 11.6 Å². The van der Waals surface area contributed by atoms with Crippen LogP contribution in [0.2, 0.25) is 0 Å². The number of carbonyl (C=O) groups is 1. The van der Waals surface area contributed by atoms with Gasteiger partial charge in [-0.05, 0) is 48.9 Å². The lowest BCUT2D eigenvalue weighted by molar-refractivity contribution is -0.120. The Hall–Kier alpha value is -1.18. The van der Waals surface area contributed by atoms with Crippen LogP contribution in [0.1, 0.15) is 42.7 Å². The van der Waals surface area contributed by atoms with E-state index in [0.29, 0.717) is 18.1 Å². The van der Waals surface area contributed by atoms with Crippen molar-refractivity contribution in [3.63, 3.8) is 0 Å². The summed E-state index contributed by atoms with van der Waals surface area (Å²) in [6.07, 6.45) is 3.38. The first-order chi connectivity index (χ1) is 7.16. The van der Waals surface area contributed by atoms with Crippen LogP contribution in [0.5, 0.6) is 0 Å². The van der Waals surface area contributed by atoms with Crippen molar-refractivity contribution in [1.82, 2.24) is 0 Å². The summed E-state index contributed by atoms with van der Waals surface area (Å²) in [7, 11) is 0. The Morgan fingerprint density at radius 2 is 2.20 bits per heavy atom. The van der Waals surface area contributed by atoms with Crippen molar-refractivity contribution in [2.24, 2.45) is 0 Å². The molecule has 15 heavy (non-hydrogen) atoms. The van der Waals surface area contributed by atoms with E-state index in [1.54, 1.807) is 6.07 Å². The van der Waals surface area contributed by atoms with Gasteiger partial charge in [-0.2, -0.15) is 0 Å². The Morgan fingerprint density at radius 1 is 1.40 bits per heavy atom. The fourth-order valence-electron chi connectivity index (χ4n) is 2.39. The zero-order chi connectivity index (χ0) is 10.8. The third-order valence-corrected chi connectivity index (χ3v) is 3.15. The van der Waals surface area contributed by atoms with Gasteiger partial charge in [-0.1, -0.05) is 6.07 Å². The molecule has 0 aromatic heterocycles. The highest BCUT2D eigenvalue weighted by Crippen LogP contribution is 2.32. The van der Waals surface area contributed by atoms with Crippen LogP contribution in [-0.2, 0) is 4.79 Å². The highest BCUT2D eigenvalue weighted by molar-refractivity contribution is 5.80. The second kappa shape index (κ2) is 4.13. The average molecular weight is 206 g/mol. The lowest BCUT2D eigenvalue weighted by Crippen LogP contribution is -2.14. The normalized spacial score (nSPS) is 21.7. The SMILES string of the molecule is Cc1cc(F)ccc1C1CCCC(=O)C1. The maximum absolute atomic E-state index is 12.9. The predicted molar refractivity (Wildman–Crippen MR) is 57.4 cm³/mol. The summed E-state index contributed by atoms with van der Waals surface area (Å²) in [6.45, 7) is 1.91. The third kappa shape index (κ3) is 2.25. The topological polar surface area (TPSA) is 17.1 Å². The lowest BCUT2D eigenvalue weighted by atomic mass is 9.82. The summed E-state index contributed by atoms with van der Waals surface area (Å²) >= 11 is 0. The van der Waals surface area contributed by atoms with Crippen molar-refractivity contribution < 1.29 is 9.18 Å². The monoisotopic (exact) mass is 206 g/mol. The third-order valence-electron chi connectivity index (χ3n) is 3.15. The van der Waals surface area contributed by atoms with Gasteiger partial charge in [-0.15, -0.1) is 0 Å². The van der Waals surface area contributed by atoms with E-state index in [1.807, 2.05) is 13.0 Å². The Bertz CT molecular complexity index is 384. The molecule has 0 heterocycles. The van der Waals surface area contributed by atoms with E-state index >= 15 is 0 Å². The molecule has 1 saturated carbocycles. The number of ketones is 1. The molecule has 1 fully saturated rings. The van der Waals surface area contributed by atoms with Crippen molar-refractivity contribution >= 4 is 5.78 Å². The number of Topliss-reactive ketones (excluding diaryl/α,β-unsaturated/α-hetero) is 1. The van der Waals surface area contributed by atoms with E-state index < -0.39 is 0 Å². The standard InChI is InChI=1S/C13H15FO/c1-9-7-11(14)5-6-13(9)10-3-2-4-12(15)8-10/h5-7,10H,2-4,8H2,1H3. The minimum Gasteiger partial charge on any atom is -0.300 e. The van der Waals surface area contributed by atoms with Crippen LogP contribution in [0.15, 0.2) is 18.2 Å². The fourth-order valence-corrected chi connectivity index (χ4v) is 2.39. The maximum atomic E-state index is 12.9. The number of hydrogen-bond acceptors (Lipinski definition) is 1. The number of rotatable bonds is 1. The first-order valence-corrected chi connectivity index (χ1v) is 5.44. The van der Waals surface area contributed by atoms with Gasteiger partial charge in [-0.3, -0.25) is 4.79 Å². The van der Waals surface area contributed by atoms with Crippen molar-refractivity contribution in [3.05, 3.63) is 35.1 Å². The van der Waals surface area contributed by atoms with Crippen molar-refractivity contribution in [2.75, 3.05) is 0 Å². The van der Waals surface area contributed by atoms with Gasteiger partial charge in [0.05, 0.1) is 0 Å². The van der Waals surface area contributed by atoms with Gasteiger partial charge >= 0.3 is 0 Å². The van der Waals surface area contributed by atoms with Crippen LogP contribution >= 0.6 is 0 Å². The van der Waals surface area contributed by atoms with E-state index in [9.17, 15) is 9.18 Å². The van der Waals surface area contributed by atoms with E-state index in [-0.39, 0.29) is 5.82 Å². The molecule has 1 aliphatic rings. The molecule has 1 aromatic rings. The van der Waals surface area contributed by atoms with Crippen LogP contribution in [0.4, 0.5) is 4.39 Å². The Balaban J connectivity index is 2.24. The van der Waals surface area contributed by atoms with Crippen molar-refractivity contribution in [1.29, 1.82) is 0 Å². The zero-order valence-electron chi connectivity index (χ0n) is 8.92. The predicted octanol–water partition coefficient (Wildman–Crippen LogP) is 3.36. The van der Waals surface area contributed by atoms with Crippen LogP contribution in [0.3, 0.4) is 0 Å². The minimum atomic E-state index is -0.196. The number of carbonyl (C=O) groups excluding carboxylic acids is 1. The molecule has 0 N–H and O–H groups in total. The molecule has 2 heteroatoms.